The maximum Gasteiger partial charge on any atom is 0.248 e. The van der Waals surface area contributed by atoms with Crippen LogP contribution in [0.1, 0.15) is 34.6 Å². The molecule has 1 unspecified atom stereocenters. The minimum Gasteiger partial charge on any atom is -0.367 e. The lowest BCUT2D eigenvalue weighted by atomic mass is 10.2. The molecular formula is C12H26N2O2. The van der Waals surface area contributed by atoms with Gasteiger partial charge in [-0.1, -0.05) is 27.7 Å². The first-order chi connectivity index (χ1) is 7.43. The molecule has 16 heavy (non-hydrogen) atoms. The standard InChI is InChI=1S/C12H26N2O2/c1-9(2)8-14-12(15)11(5)16-7-6-13-10(3)4/h9-11,13H,6-8H2,1-5H3,(H,14,15). The molecule has 0 bridgehead atoms. The summed E-state index contributed by atoms with van der Waals surface area (Å²) in [7, 11) is 0. The summed E-state index contributed by atoms with van der Waals surface area (Å²) in [4.78, 5) is 11.5. The fourth-order valence-electron chi connectivity index (χ4n) is 1.11. The Labute approximate surface area is 99.1 Å². The first-order valence-corrected chi connectivity index (χ1v) is 6.06. The molecule has 2 N–H and O–H groups in total. The molecule has 0 saturated heterocycles. The number of amides is 1. The van der Waals surface area contributed by atoms with Crippen molar-refractivity contribution in [1.82, 2.24) is 10.6 Å². The molecule has 1 atom stereocenters. The molecule has 0 aliphatic rings. The second kappa shape index (κ2) is 8.53. The zero-order chi connectivity index (χ0) is 12.6. The molecular weight excluding hydrogens is 204 g/mol. The third-order valence-electron chi connectivity index (χ3n) is 2.08. The van der Waals surface area contributed by atoms with Gasteiger partial charge in [0.05, 0.1) is 6.61 Å². The van der Waals surface area contributed by atoms with Crippen LogP contribution >= 0.6 is 0 Å². The van der Waals surface area contributed by atoms with Gasteiger partial charge in [0.2, 0.25) is 5.91 Å². The highest BCUT2D eigenvalue weighted by molar-refractivity contribution is 5.80. The van der Waals surface area contributed by atoms with Gasteiger partial charge in [0.15, 0.2) is 0 Å². The molecule has 0 aliphatic heterocycles. The average Bonchev–Trinajstić information content (AvgIpc) is 2.20. The molecule has 96 valence electrons. The van der Waals surface area contributed by atoms with Crippen molar-refractivity contribution in [2.75, 3.05) is 19.7 Å². The van der Waals surface area contributed by atoms with Crippen molar-refractivity contribution in [3.05, 3.63) is 0 Å². The van der Waals surface area contributed by atoms with Crippen LogP contribution in [0.3, 0.4) is 0 Å². The van der Waals surface area contributed by atoms with Crippen molar-refractivity contribution in [2.45, 2.75) is 46.8 Å². The molecule has 4 heteroatoms. The molecule has 0 aromatic heterocycles. The topological polar surface area (TPSA) is 50.4 Å². The third kappa shape index (κ3) is 8.68. The number of hydrogen-bond donors (Lipinski definition) is 2. The van der Waals surface area contributed by atoms with Gasteiger partial charge in [0, 0.05) is 19.1 Å². The number of carbonyl (C=O) groups excluding carboxylic acids is 1. The fraction of sp³-hybridized carbons (Fsp3) is 0.917. The normalized spacial score (nSPS) is 13.2. The summed E-state index contributed by atoms with van der Waals surface area (Å²) in [5.41, 5.74) is 0. The Kier molecular flexibility index (Phi) is 8.21. The van der Waals surface area contributed by atoms with Gasteiger partial charge in [-0.25, -0.2) is 0 Å². The van der Waals surface area contributed by atoms with Crippen LogP contribution in [0.2, 0.25) is 0 Å². The quantitative estimate of drug-likeness (QED) is 0.615. The van der Waals surface area contributed by atoms with Crippen molar-refractivity contribution in [3.63, 3.8) is 0 Å². The number of rotatable bonds is 8. The minimum absolute atomic E-state index is 0.0294. The lowest BCUT2D eigenvalue weighted by Gasteiger charge is -2.15. The van der Waals surface area contributed by atoms with E-state index in [0.717, 1.165) is 6.54 Å². The lowest BCUT2D eigenvalue weighted by Crippen LogP contribution is -2.38. The van der Waals surface area contributed by atoms with E-state index in [0.29, 0.717) is 25.1 Å². The van der Waals surface area contributed by atoms with E-state index in [2.05, 4.69) is 38.3 Å². The number of nitrogens with one attached hydrogen (secondary N) is 2. The van der Waals surface area contributed by atoms with Crippen LogP contribution in [0.5, 0.6) is 0 Å². The van der Waals surface area contributed by atoms with Gasteiger partial charge in [0.25, 0.3) is 0 Å². The molecule has 0 aliphatic carbocycles. The van der Waals surface area contributed by atoms with Crippen molar-refractivity contribution in [2.24, 2.45) is 5.92 Å². The van der Waals surface area contributed by atoms with Crippen LogP contribution in [-0.4, -0.2) is 37.7 Å². The molecule has 1 amide bonds. The van der Waals surface area contributed by atoms with E-state index in [9.17, 15) is 4.79 Å². The van der Waals surface area contributed by atoms with Gasteiger partial charge in [-0.3, -0.25) is 4.79 Å². The highest BCUT2D eigenvalue weighted by Gasteiger charge is 2.12. The molecule has 0 rings (SSSR count). The van der Waals surface area contributed by atoms with Crippen molar-refractivity contribution in [3.8, 4) is 0 Å². The van der Waals surface area contributed by atoms with E-state index in [1.165, 1.54) is 0 Å². The Bertz CT molecular complexity index is 193. The summed E-state index contributed by atoms with van der Waals surface area (Å²) >= 11 is 0. The highest BCUT2D eigenvalue weighted by atomic mass is 16.5. The summed E-state index contributed by atoms with van der Waals surface area (Å²) in [6.07, 6.45) is -0.368. The minimum atomic E-state index is -0.368. The molecule has 0 fully saturated rings. The average molecular weight is 230 g/mol. The Morgan fingerprint density at radius 1 is 1.19 bits per heavy atom. The molecule has 0 spiro atoms. The molecule has 0 heterocycles. The number of carbonyl (C=O) groups is 1. The van der Waals surface area contributed by atoms with Gasteiger partial charge in [-0.15, -0.1) is 0 Å². The van der Waals surface area contributed by atoms with Crippen LogP contribution in [0.15, 0.2) is 0 Å². The first kappa shape index (κ1) is 15.4. The Morgan fingerprint density at radius 2 is 1.81 bits per heavy atom. The molecule has 4 nitrogen and oxygen atoms in total. The van der Waals surface area contributed by atoms with Crippen LogP contribution in [0, 0.1) is 5.92 Å². The zero-order valence-corrected chi connectivity index (χ0v) is 11.2. The summed E-state index contributed by atoms with van der Waals surface area (Å²) in [6, 6.07) is 0.452. The Balaban J connectivity index is 3.55. The molecule has 0 radical (unpaired) electrons. The maximum absolute atomic E-state index is 11.5. The SMILES string of the molecule is CC(C)CNC(=O)C(C)OCCNC(C)C. The largest absolute Gasteiger partial charge is 0.367 e. The van der Waals surface area contributed by atoms with Crippen LogP contribution in [-0.2, 0) is 9.53 Å². The summed E-state index contributed by atoms with van der Waals surface area (Å²) in [5.74, 6) is 0.442. The van der Waals surface area contributed by atoms with Crippen molar-refractivity contribution < 1.29 is 9.53 Å². The van der Waals surface area contributed by atoms with E-state index in [1.54, 1.807) is 6.92 Å². The fourth-order valence-corrected chi connectivity index (χ4v) is 1.11. The number of hydrogen-bond acceptors (Lipinski definition) is 3. The zero-order valence-electron chi connectivity index (χ0n) is 11.2. The van der Waals surface area contributed by atoms with Crippen LogP contribution in [0.4, 0.5) is 0 Å². The van der Waals surface area contributed by atoms with Crippen molar-refractivity contribution in [1.29, 1.82) is 0 Å². The monoisotopic (exact) mass is 230 g/mol. The third-order valence-corrected chi connectivity index (χ3v) is 2.08. The Morgan fingerprint density at radius 3 is 2.31 bits per heavy atom. The second-order valence-corrected chi connectivity index (χ2v) is 4.76. The maximum atomic E-state index is 11.5. The molecule has 0 aromatic rings. The van der Waals surface area contributed by atoms with E-state index >= 15 is 0 Å². The molecule has 0 aromatic carbocycles. The Hall–Kier alpha value is -0.610. The summed E-state index contributed by atoms with van der Waals surface area (Å²) in [6.45, 7) is 12.1. The smallest absolute Gasteiger partial charge is 0.248 e. The van der Waals surface area contributed by atoms with Gasteiger partial charge >= 0.3 is 0 Å². The van der Waals surface area contributed by atoms with Gasteiger partial charge in [-0.2, -0.15) is 0 Å². The van der Waals surface area contributed by atoms with Crippen LogP contribution < -0.4 is 10.6 Å². The van der Waals surface area contributed by atoms with E-state index < -0.39 is 0 Å². The van der Waals surface area contributed by atoms with E-state index in [-0.39, 0.29) is 12.0 Å². The van der Waals surface area contributed by atoms with Crippen molar-refractivity contribution >= 4 is 5.91 Å². The van der Waals surface area contributed by atoms with Crippen LogP contribution in [0.25, 0.3) is 0 Å². The summed E-state index contributed by atoms with van der Waals surface area (Å²) in [5, 5.41) is 6.08. The summed E-state index contributed by atoms with van der Waals surface area (Å²) < 4.78 is 5.41. The lowest BCUT2D eigenvalue weighted by molar-refractivity contribution is -0.131. The predicted molar refractivity (Wildman–Crippen MR) is 66.4 cm³/mol. The van der Waals surface area contributed by atoms with Gasteiger partial charge < -0.3 is 15.4 Å². The molecule has 0 saturated carbocycles. The van der Waals surface area contributed by atoms with E-state index in [1.807, 2.05) is 0 Å². The number of ether oxygens (including phenoxy) is 1. The highest BCUT2D eigenvalue weighted by Crippen LogP contribution is 1.93. The second-order valence-electron chi connectivity index (χ2n) is 4.76. The first-order valence-electron chi connectivity index (χ1n) is 6.06. The predicted octanol–water partition coefficient (Wildman–Crippen LogP) is 1.16. The van der Waals surface area contributed by atoms with Gasteiger partial charge in [-0.05, 0) is 12.8 Å². The van der Waals surface area contributed by atoms with E-state index in [4.69, 9.17) is 4.74 Å². The van der Waals surface area contributed by atoms with Gasteiger partial charge in [0.1, 0.15) is 6.10 Å².